The molecule has 0 aliphatic heterocycles. The first-order chi connectivity index (χ1) is 15.5. The molecule has 0 aliphatic carbocycles. The number of carbonyl (C=O) groups excluding carboxylic acids is 1. The van der Waals surface area contributed by atoms with E-state index in [1.165, 1.54) is 0 Å². The quantitative estimate of drug-likeness (QED) is 0.445. The third-order valence-corrected chi connectivity index (χ3v) is 5.31. The van der Waals surface area contributed by atoms with Crippen LogP contribution in [-0.2, 0) is 24.2 Å². The van der Waals surface area contributed by atoms with Crippen LogP contribution in [0.15, 0.2) is 54.6 Å². The second-order valence-corrected chi connectivity index (χ2v) is 7.64. The van der Waals surface area contributed by atoms with Gasteiger partial charge in [-0.05, 0) is 43.5 Å². The number of hydrogen-bond donors (Lipinski definition) is 2. The zero-order chi connectivity index (χ0) is 22.5. The summed E-state index contributed by atoms with van der Waals surface area (Å²) in [6.07, 6.45) is 0.964. The molecule has 0 saturated heterocycles. The molecule has 0 spiro atoms. The van der Waals surface area contributed by atoms with Crippen LogP contribution in [0.2, 0.25) is 0 Å². The highest BCUT2D eigenvalue weighted by Crippen LogP contribution is 2.16. The van der Waals surface area contributed by atoms with E-state index in [0.29, 0.717) is 18.9 Å². The average molecular weight is 431 g/mol. The number of carbonyl (C=O) groups is 1. The first-order valence-corrected chi connectivity index (χ1v) is 10.5. The lowest BCUT2D eigenvalue weighted by Gasteiger charge is -2.11. The number of hydrogen-bond acceptors (Lipinski definition) is 6. The molecule has 164 valence electrons. The molecule has 8 heteroatoms. The number of amides is 1. The third-order valence-electron chi connectivity index (χ3n) is 5.31. The van der Waals surface area contributed by atoms with Crippen LogP contribution in [0, 0.1) is 13.8 Å². The zero-order valence-corrected chi connectivity index (χ0v) is 18.2. The van der Waals surface area contributed by atoms with Gasteiger partial charge in [0.25, 0.3) is 5.78 Å². The smallest absolute Gasteiger partial charge is 0.254 e. The maximum absolute atomic E-state index is 12.5. The fraction of sp³-hybridized carbons (Fsp3) is 0.250. The Bertz CT molecular complexity index is 1220. The maximum atomic E-state index is 12.5. The Balaban J connectivity index is 1.27. The lowest BCUT2D eigenvalue weighted by molar-refractivity contribution is -0.120. The molecule has 3 N–H and O–H groups in total. The van der Waals surface area contributed by atoms with E-state index in [-0.39, 0.29) is 18.3 Å². The van der Waals surface area contributed by atoms with Crippen LogP contribution in [0.1, 0.15) is 28.1 Å². The van der Waals surface area contributed by atoms with Crippen molar-refractivity contribution < 1.29 is 9.53 Å². The first kappa shape index (κ1) is 21.3. The van der Waals surface area contributed by atoms with Crippen molar-refractivity contribution >= 4 is 17.6 Å². The molecule has 8 nitrogen and oxygen atoms in total. The van der Waals surface area contributed by atoms with Gasteiger partial charge in [-0.25, -0.2) is 4.98 Å². The normalized spacial score (nSPS) is 10.9. The van der Waals surface area contributed by atoms with E-state index in [2.05, 4.69) is 20.4 Å². The summed E-state index contributed by atoms with van der Waals surface area (Å²) in [5.41, 5.74) is 10.3. The van der Waals surface area contributed by atoms with Gasteiger partial charge in [-0.2, -0.15) is 9.50 Å². The lowest BCUT2D eigenvalue weighted by atomic mass is 10.1. The number of nitrogens with two attached hydrogens (primary N) is 1. The summed E-state index contributed by atoms with van der Waals surface area (Å²) in [7, 11) is 0. The van der Waals surface area contributed by atoms with Crippen LogP contribution in [0.3, 0.4) is 0 Å². The highest BCUT2D eigenvalue weighted by Gasteiger charge is 2.15. The number of nitrogen functional groups attached to an aromatic ring is 1. The minimum absolute atomic E-state index is 0.0618. The molecule has 0 atom stereocenters. The SMILES string of the molecule is Cc1nc2nc(N)nn2c(C)c1CC(=O)NCCc1ccc(OCc2ccccc2)cc1. The van der Waals surface area contributed by atoms with Crippen molar-refractivity contribution in [3.63, 3.8) is 0 Å². The molecule has 0 aliphatic rings. The number of fused-ring (bicyclic) bond motifs is 1. The molecular weight excluding hydrogens is 404 g/mol. The number of nitrogens with one attached hydrogen (secondary N) is 1. The van der Waals surface area contributed by atoms with E-state index in [1.54, 1.807) is 4.52 Å². The number of benzene rings is 2. The summed E-state index contributed by atoms with van der Waals surface area (Å²) in [6, 6.07) is 18.0. The number of aryl methyl sites for hydroxylation is 2. The van der Waals surface area contributed by atoms with Gasteiger partial charge in [0, 0.05) is 23.5 Å². The van der Waals surface area contributed by atoms with Crippen molar-refractivity contribution in [2.75, 3.05) is 12.3 Å². The first-order valence-electron chi connectivity index (χ1n) is 10.5. The molecule has 4 aromatic rings. The highest BCUT2D eigenvalue weighted by molar-refractivity contribution is 5.79. The lowest BCUT2D eigenvalue weighted by Crippen LogP contribution is -2.28. The van der Waals surface area contributed by atoms with Gasteiger partial charge in [-0.15, -0.1) is 5.10 Å². The van der Waals surface area contributed by atoms with Gasteiger partial charge in [-0.3, -0.25) is 4.79 Å². The number of aromatic nitrogens is 4. The highest BCUT2D eigenvalue weighted by atomic mass is 16.5. The van der Waals surface area contributed by atoms with Crippen LogP contribution >= 0.6 is 0 Å². The molecule has 0 unspecified atom stereocenters. The summed E-state index contributed by atoms with van der Waals surface area (Å²) in [5.74, 6) is 1.37. The van der Waals surface area contributed by atoms with E-state index in [0.717, 1.165) is 40.2 Å². The molecular formula is C24H26N6O2. The Labute approximate surface area is 186 Å². The largest absolute Gasteiger partial charge is 0.489 e. The van der Waals surface area contributed by atoms with Gasteiger partial charge >= 0.3 is 0 Å². The van der Waals surface area contributed by atoms with Crippen LogP contribution in [0.4, 0.5) is 5.95 Å². The van der Waals surface area contributed by atoms with Crippen LogP contribution in [0.5, 0.6) is 5.75 Å². The van der Waals surface area contributed by atoms with E-state index >= 15 is 0 Å². The van der Waals surface area contributed by atoms with Gasteiger partial charge in [0.1, 0.15) is 12.4 Å². The molecule has 0 fully saturated rings. The summed E-state index contributed by atoms with van der Waals surface area (Å²) in [5, 5.41) is 7.12. The Kier molecular flexibility index (Phi) is 6.30. The summed E-state index contributed by atoms with van der Waals surface area (Å²) >= 11 is 0. The Morgan fingerprint density at radius 1 is 1.03 bits per heavy atom. The van der Waals surface area contributed by atoms with E-state index in [1.807, 2.05) is 68.4 Å². The van der Waals surface area contributed by atoms with E-state index < -0.39 is 0 Å². The molecule has 0 bridgehead atoms. The van der Waals surface area contributed by atoms with E-state index in [4.69, 9.17) is 10.5 Å². The predicted octanol–water partition coefficient (Wildman–Crippen LogP) is 2.80. The standard InChI is InChI=1S/C24H26N6O2/c1-16-21(17(2)30-24(27-16)28-23(25)29-30)14-22(31)26-13-12-18-8-10-20(11-9-18)32-15-19-6-4-3-5-7-19/h3-11H,12-15H2,1-2H3,(H2,25,29)(H,26,31). The number of nitrogens with zero attached hydrogens (tertiary/aromatic N) is 4. The van der Waals surface area contributed by atoms with Crippen molar-refractivity contribution in [3.05, 3.63) is 82.7 Å². The monoisotopic (exact) mass is 430 g/mol. The number of anilines is 1. The zero-order valence-electron chi connectivity index (χ0n) is 18.2. The minimum atomic E-state index is -0.0618. The molecule has 2 aromatic carbocycles. The van der Waals surface area contributed by atoms with Gasteiger partial charge in [-0.1, -0.05) is 42.5 Å². The molecule has 32 heavy (non-hydrogen) atoms. The summed E-state index contributed by atoms with van der Waals surface area (Å²) < 4.78 is 7.39. The second kappa shape index (κ2) is 9.47. The molecule has 1 amide bonds. The molecule has 2 aromatic heterocycles. The Hall–Kier alpha value is -3.94. The predicted molar refractivity (Wildman–Crippen MR) is 122 cm³/mol. The van der Waals surface area contributed by atoms with Crippen LogP contribution < -0.4 is 15.8 Å². The average Bonchev–Trinajstić information content (AvgIpc) is 3.17. The molecule has 0 saturated carbocycles. The van der Waals surface area contributed by atoms with Crippen molar-refractivity contribution in [1.82, 2.24) is 24.9 Å². The van der Waals surface area contributed by atoms with Gasteiger partial charge in [0.2, 0.25) is 11.9 Å². The van der Waals surface area contributed by atoms with Crippen LogP contribution in [0.25, 0.3) is 5.78 Å². The third kappa shape index (κ3) is 5.03. The Morgan fingerprint density at radius 2 is 1.78 bits per heavy atom. The number of ether oxygens (including phenoxy) is 1. The number of rotatable bonds is 8. The minimum Gasteiger partial charge on any atom is -0.489 e. The van der Waals surface area contributed by atoms with Gasteiger partial charge < -0.3 is 15.8 Å². The van der Waals surface area contributed by atoms with Crippen molar-refractivity contribution in [1.29, 1.82) is 0 Å². The summed E-state index contributed by atoms with van der Waals surface area (Å²) in [4.78, 5) is 21.0. The van der Waals surface area contributed by atoms with Crippen LogP contribution in [-0.4, -0.2) is 32.0 Å². The van der Waals surface area contributed by atoms with Crippen molar-refractivity contribution in [2.45, 2.75) is 33.3 Å². The fourth-order valence-corrected chi connectivity index (χ4v) is 3.54. The van der Waals surface area contributed by atoms with Crippen molar-refractivity contribution in [3.8, 4) is 5.75 Å². The molecule has 0 radical (unpaired) electrons. The molecule has 2 heterocycles. The maximum Gasteiger partial charge on any atom is 0.254 e. The van der Waals surface area contributed by atoms with E-state index in [9.17, 15) is 4.79 Å². The summed E-state index contributed by atoms with van der Waals surface area (Å²) in [6.45, 7) is 4.84. The van der Waals surface area contributed by atoms with Gasteiger partial charge in [0.05, 0.1) is 6.42 Å². The molecule has 4 rings (SSSR count). The Morgan fingerprint density at radius 3 is 2.53 bits per heavy atom. The van der Waals surface area contributed by atoms with Gasteiger partial charge in [0.15, 0.2) is 0 Å². The topological polar surface area (TPSA) is 107 Å². The second-order valence-electron chi connectivity index (χ2n) is 7.64. The fourth-order valence-electron chi connectivity index (χ4n) is 3.54. The van der Waals surface area contributed by atoms with Crippen molar-refractivity contribution in [2.24, 2.45) is 0 Å².